The van der Waals surface area contributed by atoms with Gasteiger partial charge in [0.1, 0.15) is 17.5 Å². The van der Waals surface area contributed by atoms with Gasteiger partial charge in [0.15, 0.2) is 0 Å². The van der Waals surface area contributed by atoms with E-state index in [0.717, 1.165) is 24.3 Å². The molecule has 0 radical (unpaired) electrons. The van der Waals surface area contributed by atoms with Crippen LogP contribution in [0.4, 0.5) is 24.5 Å². The summed E-state index contributed by atoms with van der Waals surface area (Å²) in [6.45, 7) is 0. The molecule has 0 saturated carbocycles. The largest absolute Gasteiger partial charge is 0.397 e. The molecule has 0 bridgehead atoms. The lowest BCUT2D eigenvalue weighted by Crippen LogP contribution is -2.13. The maximum atomic E-state index is 13.0. The highest BCUT2D eigenvalue weighted by atomic mass is 19.1. The minimum Gasteiger partial charge on any atom is -0.397 e. The van der Waals surface area contributed by atoms with Crippen LogP contribution in [-0.2, 0) is 0 Å². The van der Waals surface area contributed by atoms with Crippen molar-refractivity contribution in [3.05, 3.63) is 59.4 Å². The molecule has 1 amide bonds. The van der Waals surface area contributed by atoms with Crippen molar-refractivity contribution in [2.75, 3.05) is 11.1 Å². The molecule has 19 heavy (non-hydrogen) atoms. The number of rotatable bonds is 2. The number of hydrogen-bond donors (Lipinski definition) is 2. The lowest BCUT2D eigenvalue weighted by molar-refractivity contribution is 0.102. The number of carbonyl (C=O) groups is 1. The predicted octanol–water partition coefficient (Wildman–Crippen LogP) is 2.94. The van der Waals surface area contributed by atoms with E-state index in [9.17, 15) is 18.0 Å². The van der Waals surface area contributed by atoms with Crippen LogP contribution in [0.2, 0.25) is 0 Å². The zero-order chi connectivity index (χ0) is 14.0. The average molecular weight is 266 g/mol. The fourth-order valence-electron chi connectivity index (χ4n) is 1.53. The van der Waals surface area contributed by atoms with E-state index in [1.807, 2.05) is 0 Å². The topological polar surface area (TPSA) is 55.1 Å². The molecule has 0 aliphatic heterocycles. The van der Waals surface area contributed by atoms with Crippen LogP contribution in [0.3, 0.4) is 0 Å². The number of nitrogen functional groups attached to an aromatic ring is 1. The Morgan fingerprint density at radius 1 is 0.947 bits per heavy atom. The number of benzene rings is 2. The zero-order valence-electron chi connectivity index (χ0n) is 9.58. The average Bonchev–Trinajstić information content (AvgIpc) is 2.31. The molecule has 3 nitrogen and oxygen atoms in total. The molecule has 3 N–H and O–H groups in total. The van der Waals surface area contributed by atoms with E-state index < -0.39 is 23.4 Å². The lowest BCUT2D eigenvalue weighted by Gasteiger charge is -2.08. The van der Waals surface area contributed by atoms with Gasteiger partial charge in [0.05, 0.1) is 11.4 Å². The summed E-state index contributed by atoms with van der Waals surface area (Å²) in [5.74, 6) is -3.02. The third kappa shape index (κ3) is 3.04. The Bertz CT molecular complexity index is 624. The van der Waals surface area contributed by atoms with Crippen molar-refractivity contribution in [2.24, 2.45) is 0 Å². The van der Waals surface area contributed by atoms with Crippen LogP contribution < -0.4 is 11.1 Å². The van der Waals surface area contributed by atoms with Gasteiger partial charge in [-0.25, -0.2) is 13.2 Å². The quantitative estimate of drug-likeness (QED) is 0.821. The van der Waals surface area contributed by atoms with Crippen LogP contribution >= 0.6 is 0 Å². The van der Waals surface area contributed by atoms with Gasteiger partial charge in [-0.1, -0.05) is 0 Å². The van der Waals surface area contributed by atoms with Crippen molar-refractivity contribution < 1.29 is 18.0 Å². The van der Waals surface area contributed by atoms with Gasteiger partial charge in [0, 0.05) is 11.6 Å². The van der Waals surface area contributed by atoms with Crippen molar-refractivity contribution in [3.63, 3.8) is 0 Å². The van der Waals surface area contributed by atoms with E-state index in [2.05, 4.69) is 5.32 Å². The summed E-state index contributed by atoms with van der Waals surface area (Å²) < 4.78 is 38.8. The molecule has 0 fully saturated rings. The van der Waals surface area contributed by atoms with Crippen LogP contribution in [0.25, 0.3) is 0 Å². The number of hydrogen-bond acceptors (Lipinski definition) is 2. The first-order valence-electron chi connectivity index (χ1n) is 5.28. The minimum absolute atomic E-state index is 0.0187. The molecule has 98 valence electrons. The molecule has 6 heteroatoms. The first kappa shape index (κ1) is 12.9. The Morgan fingerprint density at radius 2 is 1.58 bits per heavy atom. The fourth-order valence-corrected chi connectivity index (χ4v) is 1.53. The van der Waals surface area contributed by atoms with E-state index in [1.165, 1.54) is 6.07 Å². The molecular weight excluding hydrogens is 257 g/mol. The number of nitrogens with one attached hydrogen (secondary N) is 1. The van der Waals surface area contributed by atoms with Crippen molar-refractivity contribution in [3.8, 4) is 0 Å². The zero-order valence-corrected chi connectivity index (χ0v) is 9.58. The molecule has 0 aliphatic carbocycles. The SMILES string of the molecule is Nc1cc(F)ccc1NC(=O)c1cc(F)cc(F)c1. The van der Waals surface area contributed by atoms with Gasteiger partial charge in [0.2, 0.25) is 0 Å². The third-order valence-corrected chi connectivity index (χ3v) is 2.39. The minimum atomic E-state index is -0.864. The van der Waals surface area contributed by atoms with Gasteiger partial charge in [0.25, 0.3) is 5.91 Å². The monoisotopic (exact) mass is 266 g/mol. The Hall–Kier alpha value is -2.50. The highest BCUT2D eigenvalue weighted by molar-refractivity contribution is 6.05. The molecule has 0 saturated heterocycles. The van der Waals surface area contributed by atoms with Crippen LogP contribution in [0.5, 0.6) is 0 Å². The van der Waals surface area contributed by atoms with Crippen LogP contribution in [-0.4, -0.2) is 5.91 Å². The molecular formula is C13H9F3N2O. The standard InChI is InChI=1S/C13H9F3N2O/c14-8-1-2-12(11(17)6-8)18-13(19)7-3-9(15)5-10(16)4-7/h1-6H,17H2,(H,18,19). The maximum absolute atomic E-state index is 13.0. The van der Waals surface area contributed by atoms with E-state index in [-0.39, 0.29) is 16.9 Å². The summed E-state index contributed by atoms with van der Waals surface area (Å²) >= 11 is 0. The molecule has 2 aromatic rings. The van der Waals surface area contributed by atoms with Crippen LogP contribution in [0.15, 0.2) is 36.4 Å². The Kier molecular flexibility index (Phi) is 3.41. The Labute approximate surface area is 106 Å². The summed E-state index contributed by atoms with van der Waals surface area (Å²) in [7, 11) is 0. The normalized spacial score (nSPS) is 10.3. The number of anilines is 2. The number of amides is 1. The fraction of sp³-hybridized carbons (Fsp3) is 0. The smallest absolute Gasteiger partial charge is 0.255 e. The number of nitrogens with two attached hydrogens (primary N) is 1. The molecule has 0 unspecified atom stereocenters. The highest BCUT2D eigenvalue weighted by Gasteiger charge is 2.11. The van der Waals surface area contributed by atoms with E-state index in [1.54, 1.807) is 0 Å². The first-order valence-corrected chi connectivity index (χ1v) is 5.28. The van der Waals surface area contributed by atoms with Gasteiger partial charge < -0.3 is 11.1 Å². The molecule has 0 spiro atoms. The summed E-state index contributed by atoms with van der Waals surface area (Å²) in [4.78, 5) is 11.8. The van der Waals surface area contributed by atoms with Gasteiger partial charge in [-0.15, -0.1) is 0 Å². The number of halogens is 3. The predicted molar refractivity (Wildman–Crippen MR) is 65.1 cm³/mol. The van der Waals surface area contributed by atoms with Gasteiger partial charge >= 0.3 is 0 Å². The number of carbonyl (C=O) groups excluding carboxylic acids is 1. The molecule has 2 rings (SSSR count). The first-order chi connectivity index (χ1) is 8.95. The van der Waals surface area contributed by atoms with Crippen LogP contribution in [0, 0.1) is 17.5 Å². The maximum Gasteiger partial charge on any atom is 0.255 e. The summed E-state index contributed by atoms with van der Waals surface area (Å²) in [5.41, 5.74) is 5.49. The molecule has 0 heterocycles. The van der Waals surface area contributed by atoms with E-state index in [4.69, 9.17) is 5.73 Å². The molecule has 2 aromatic carbocycles. The molecule has 0 aromatic heterocycles. The molecule has 0 atom stereocenters. The van der Waals surface area contributed by atoms with Crippen molar-refractivity contribution in [1.82, 2.24) is 0 Å². The van der Waals surface area contributed by atoms with E-state index >= 15 is 0 Å². The van der Waals surface area contributed by atoms with Gasteiger partial charge in [-0.3, -0.25) is 4.79 Å². The summed E-state index contributed by atoms with van der Waals surface area (Å²) in [5, 5.41) is 2.34. The second-order valence-corrected chi connectivity index (χ2v) is 3.84. The third-order valence-electron chi connectivity index (χ3n) is 2.39. The second-order valence-electron chi connectivity index (χ2n) is 3.84. The second kappa shape index (κ2) is 5.01. The Morgan fingerprint density at radius 3 is 2.16 bits per heavy atom. The highest BCUT2D eigenvalue weighted by Crippen LogP contribution is 2.20. The van der Waals surface area contributed by atoms with Gasteiger partial charge in [-0.05, 0) is 30.3 Å². The summed E-state index contributed by atoms with van der Waals surface area (Å²) in [6, 6.07) is 5.83. The van der Waals surface area contributed by atoms with Gasteiger partial charge in [-0.2, -0.15) is 0 Å². The lowest BCUT2D eigenvalue weighted by atomic mass is 10.2. The van der Waals surface area contributed by atoms with E-state index in [0.29, 0.717) is 6.07 Å². The van der Waals surface area contributed by atoms with Crippen LogP contribution in [0.1, 0.15) is 10.4 Å². The van der Waals surface area contributed by atoms with Crippen molar-refractivity contribution in [2.45, 2.75) is 0 Å². The van der Waals surface area contributed by atoms with Crippen molar-refractivity contribution in [1.29, 1.82) is 0 Å². The van der Waals surface area contributed by atoms with Crippen molar-refractivity contribution >= 4 is 17.3 Å². The summed E-state index contributed by atoms with van der Waals surface area (Å²) in [6.07, 6.45) is 0. The molecule has 0 aliphatic rings. The Balaban J connectivity index is 2.25.